The normalized spacial score (nSPS) is 11.1. The molecule has 0 heterocycles. The van der Waals surface area contributed by atoms with E-state index < -0.39 is 21.9 Å². The largest absolute Gasteiger partial charge is 0.462 e. The smallest absolute Gasteiger partial charge is 0.338 e. The van der Waals surface area contributed by atoms with Crippen LogP contribution in [0.5, 0.6) is 0 Å². The van der Waals surface area contributed by atoms with Crippen molar-refractivity contribution in [2.24, 2.45) is 0 Å². The number of halogens is 1. The summed E-state index contributed by atoms with van der Waals surface area (Å²) in [7, 11) is -4.06. The van der Waals surface area contributed by atoms with Crippen molar-refractivity contribution in [1.82, 2.24) is 0 Å². The fraction of sp³-hybridized carbons (Fsp3) is 0.200. The second-order valence-corrected chi connectivity index (χ2v) is 9.76. The van der Waals surface area contributed by atoms with Crippen LogP contribution in [-0.4, -0.2) is 26.9 Å². The summed E-state index contributed by atoms with van der Waals surface area (Å²) >= 11 is 6.18. The first-order chi connectivity index (χ1) is 16.0. The van der Waals surface area contributed by atoms with Gasteiger partial charge in [0, 0.05) is 16.9 Å². The maximum absolute atomic E-state index is 13.0. The first kappa shape index (κ1) is 25.3. The van der Waals surface area contributed by atoms with Crippen molar-refractivity contribution in [3.8, 4) is 0 Å². The Labute approximate surface area is 204 Å². The molecule has 7 nitrogen and oxygen atoms in total. The number of rotatable bonds is 7. The predicted molar refractivity (Wildman–Crippen MR) is 133 cm³/mol. The zero-order valence-corrected chi connectivity index (χ0v) is 20.8. The van der Waals surface area contributed by atoms with Gasteiger partial charge in [-0.05, 0) is 86.8 Å². The summed E-state index contributed by atoms with van der Waals surface area (Å²) in [5.41, 5.74) is 3.71. The van der Waals surface area contributed by atoms with Crippen molar-refractivity contribution in [3.05, 3.63) is 87.4 Å². The molecule has 0 fully saturated rings. The fourth-order valence-corrected chi connectivity index (χ4v) is 4.84. The molecule has 0 saturated heterocycles. The lowest BCUT2D eigenvalue weighted by atomic mass is 10.1. The van der Waals surface area contributed by atoms with Crippen molar-refractivity contribution >= 4 is 44.9 Å². The van der Waals surface area contributed by atoms with Gasteiger partial charge in [-0.3, -0.25) is 9.52 Å². The molecule has 0 saturated carbocycles. The summed E-state index contributed by atoms with van der Waals surface area (Å²) in [4.78, 5) is 24.8. The average Bonchev–Trinajstić information content (AvgIpc) is 2.77. The SMILES string of the molecule is CCOC(=O)c1cccc(NC(=O)c2ccc(Cl)c(S(=O)(=O)Nc3ccc(C)c(C)c3)c2)c1C. The topological polar surface area (TPSA) is 102 Å². The highest BCUT2D eigenvalue weighted by atomic mass is 35.5. The first-order valence-electron chi connectivity index (χ1n) is 10.5. The molecule has 1 amide bonds. The van der Waals surface area contributed by atoms with E-state index in [0.717, 1.165) is 11.1 Å². The minimum Gasteiger partial charge on any atom is -0.462 e. The fourth-order valence-electron chi connectivity index (χ4n) is 3.26. The third-order valence-corrected chi connectivity index (χ3v) is 7.18. The van der Waals surface area contributed by atoms with Crippen LogP contribution in [0.2, 0.25) is 5.02 Å². The van der Waals surface area contributed by atoms with Gasteiger partial charge in [0.1, 0.15) is 4.90 Å². The van der Waals surface area contributed by atoms with Crippen molar-refractivity contribution in [2.75, 3.05) is 16.6 Å². The molecule has 178 valence electrons. The van der Waals surface area contributed by atoms with Crippen LogP contribution >= 0.6 is 11.6 Å². The molecule has 0 bridgehead atoms. The zero-order chi connectivity index (χ0) is 25.0. The van der Waals surface area contributed by atoms with Gasteiger partial charge in [-0.15, -0.1) is 0 Å². The van der Waals surface area contributed by atoms with Gasteiger partial charge >= 0.3 is 5.97 Å². The minimum absolute atomic E-state index is 0.0200. The Morgan fingerprint density at radius 3 is 2.38 bits per heavy atom. The second-order valence-electron chi connectivity index (χ2n) is 7.70. The van der Waals surface area contributed by atoms with Crippen LogP contribution in [-0.2, 0) is 14.8 Å². The third-order valence-electron chi connectivity index (χ3n) is 5.32. The van der Waals surface area contributed by atoms with E-state index >= 15 is 0 Å². The van der Waals surface area contributed by atoms with Gasteiger partial charge in [-0.1, -0.05) is 23.7 Å². The lowest BCUT2D eigenvalue weighted by Crippen LogP contribution is -2.17. The van der Waals surface area contributed by atoms with Gasteiger partial charge in [0.25, 0.3) is 15.9 Å². The molecule has 0 spiro atoms. The summed E-state index contributed by atoms with van der Waals surface area (Å²) in [6.45, 7) is 7.43. The number of sulfonamides is 1. The number of nitrogens with one attached hydrogen (secondary N) is 2. The summed E-state index contributed by atoms with van der Waals surface area (Å²) in [6.07, 6.45) is 0. The first-order valence-corrected chi connectivity index (χ1v) is 12.4. The quantitative estimate of drug-likeness (QED) is 0.417. The molecule has 0 unspecified atom stereocenters. The Hall–Kier alpha value is -3.36. The lowest BCUT2D eigenvalue weighted by molar-refractivity contribution is 0.0525. The number of carbonyl (C=O) groups excluding carboxylic acids is 2. The third kappa shape index (κ3) is 5.58. The molecule has 0 aliphatic carbocycles. The van der Waals surface area contributed by atoms with Gasteiger partial charge in [-0.2, -0.15) is 0 Å². The lowest BCUT2D eigenvalue weighted by Gasteiger charge is -2.14. The second kappa shape index (κ2) is 10.3. The number of amides is 1. The molecule has 3 aromatic carbocycles. The maximum Gasteiger partial charge on any atom is 0.338 e. The summed E-state index contributed by atoms with van der Waals surface area (Å²) in [5.74, 6) is -1.04. The van der Waals surface area contributed by atoms with E-state index in [1.165, 1.54) is 18.2 Å². The molecule has 0 radical (unpaired) electrons. The van der Waals surface area contributed by atoms with Crippen LogP contribution in [0, 0.1) is 20.8 Å². The van der Waals surface area contributed by atoms with Crippen molar-refractivity contribution in [2.45, 2.75) is 32.6 Å². The molecule has 0 atom stereocenters. The Morgan fingerprint density at radius 2 is 1.71 bits per heavy atom. The minimum atomic E-state index is -4.06. The molecule has 0 aliphatic rings. The van der Waals surface area contributed by atoms with Crippen LogP contribution in [0.3, 0.4) is 0 Å². The number of anilines is 2. The van der Waals surface area contributed by atoms with E-state index in [2.05, 4.69) is 10.0 Å². The highest BCUT2D eigenvalue weighted by molar-refractivity contribution is 7.92. The average molecular weight is 501 g/mol. The molecule has 2 N–H and O–H groups in total. The molecule has 0 aromatic heterocycles. The summed E-state index contributed by atoms with van der Waals surface area (Å²) < 4.78 is 33.6. The standard InChI is InChI=1S/C25H25ClN2O5S/c1-5-33-25(30)20-7-6-8-22(17(20)4)27-24(29)18-10-12-21(26)23(14-18)34(31,32)28-19-11-9-15(2)16(3)13-19/h6-14,28H,5H2,1-4H3,(H,27,29). The highest BCUT2D eigenvalue weighted by Gasteiger charge is 2.21. The van der Waals surface area contributed by atoms with E-state index in [-0.39, 0.29) is 22.1 Å². The van der Waals surface area contributed by atoms with Crippen LogP contribution in [0.4, 0.5) is 11.4 Å². The number of hydrogen-bond acceptors (Lipinski definition) is 5. The van der Waals surface area contributed by atoms with Crippen molar-refractivity contribution < 1.29 is 22.7 Å². The number of esters is 1. The van der Waals surface area contributed by atoms with E-state index in [9.17, 15) is 18.0 Å². The summed E-state index contributed by atoms with van der Waals surface area (Å²) in [6, 6.07) is 14.1. The van der Waals surface area contributed by atoms with Crippen LogP contribution < -0.4 is 10.0 Å². The number of carbonyl (C=O) groups is 2. The maximum atomic E-state index is 13.0. The Balaban J connectivity index is 1.88. The molecular formula is C25H25ClN2O5S. The van der Waals surface area contributed by atoms with E-state index in [1.807, 2.05) is 19.9 Å². The van der Waals surface area contributed by atoms with Crippen LogP contribution in [0.1, 0.15) is 44.3 Å². The van der Waals surface area contributed by atoms with E-state index in [0.29, 0.717) is 22.5 Å². The van der Waals surface area contributed by atoms with Gasteiger partial charge in [0.05, 0.1) is 17.2 Å². The monoisotopic (exact) mass is 500 g/mol. The Kier molecular flexibility index (Phi) is 7.64. The van der Waals surface area contributed by atoms with Gasteiger partial charge in [0.15, 0.2) is 0 Å². The Bertz CT molecular complexity index is 1370. The molecule has 3 rings (SSSR count). The van der Waals surface area contributed by atoms with Gasteiger partial charge in [-0.25, -0.2) is 13.2 Å². The van der Waals surface area contributed by atoms with E-state index in [4.69, 9.17) is 16.3 Å². The van der Waals surface area contributed by atoms with Crippen LogP contribution in [0.25, 0.3) is 0 Å². The Morgan fingerprint density at radius 1 is 0.971 bits per heavy atom. The van der Waals surface area contributed by atoms with Gasteiger partial charge in [0.2, 0.25) is 0 Å². The highest BCUT2D eigenvalue weighted by Crippen LogP contribution is 2.27. The molecule has 9 heteroatoms. The molecule has 0 aliphatic heterocycles. The number of ether oxygens (including phenoxy) is 1. The number of aryl methyl sites for hydroxylation is 2. The predicted octanol–water partition coefficient (Wildman–Crippen LogP) is 5.50. The van der Waals surface area contributed by atoms with Crippen molar-refractivity contribution in [3.63, 3.8) is 0 Å². The molecule has 3 aromatic rings. The van der Waals surface area contributed by atoms with E-state index in [1.54, 1.807) is 44.2 Å². The molecular weight excluding hydrogens is 476 g/mol. The summed E-state index contributed by atoms with van der Waals surface area (Å²) in [5, 5.41) is 2.70. The van der Waals surface area contributed by atoms with Crippen LogP contribution in [0.15, 0.2) is 59.5 Å². The molecule has 34 heavy (non-hydrogen) atoms. The zero-order valence-electron chi connectivity index (χ0n) is 19.2. The number of benzene rings is 3. The van der Waals surface area contributed by atoms with Gasteiger partial charge < -0.3 is 10.1 Å². The number of hydrogen-bond donors (Lipinski definition) is 2. The van der Waals surface area contributed by atoms with Crippen molar-refractivity contribution in [1.29, 1.82) is 0 Å².